The molecule has 0 saturated carbocycles. The minimum absolute atomic E-state index is 0.200. The molecule has 0 aliphatic rings. The molecule has 6 heteroatoms. The second kappa shape index (κ2) is 9.26. The average Bonchev–Trinajstić information content (AvgIpc) is 2.65. The summed E-state index contributed by atoms with van der Waals surface area (Å²) in [7, 11) is 1.61. The molecular weight excluding hydrogens is 356 g/mol. The van der Waals surface area contributed by atoms with Gasteiger partial charge in [-0.25, -0.2) is 4.79 Å². The second-order valence-electron chi connectivity index (χ2n) is 7.48. The van der Waals surface area contributed by atoms with E-state index in [0.29, 0.717) is 11.1 Å². The Morgan fingerprint density at radius 2 is 1.79 bits per heavy atom. The molecule has 0 unspecified atom stereocenters. The van der Waals surface area contributed by atoms with Crippen LogP contribution in [0.4, 0.5) is 4.79 Å². The highest BCUT2D eigenvalue weighted by atomic mass is 16.6. The number of carbonyl (C=O) groups is 2. The van der Waals surface area contributed by atoms with Crippen LogP contribution in [0.3, 0.4) is 0 Å². The third-order valence-corrected chi connectivity index (χ3v) is 4.03. The Morgan fingerprint density at radius 1 is 1.07 bits per heavy atom. The van der Waals surface area contributed by atoms with Crippen molar-refractivity contribution in [3.8, 4) is 5.75 Å². The lowest BCUT2D eigenvalue weighted by Gasteiger charge is -2.20. The summed E-state index contributed by atoms with van der Waals surface area (Å²) in [4.78, 5) is 24.7. The van der Waals surface area contributed by atoms with Crippen LogP contribution < -0.4 is 15.4 Å². The van der Waals surface area contributed by atoms with Crippen molar-refractivity contribution in [3.05, 3.63) is 65.2 Å². The van der Waals surface area contributed by atoms with Gasteiger partial charge in [0.1, 0.15) is 11.4 Å². The molecule has 2 aromatic carbocycles. The van der Waals surface area contributed by atoms with Gasteiger partial charge in [-0.05, 0) is 57.0 Å². The van der Waals surface area contributed by atoms with Gasteiger partial charge in [-0.3, -0.25) is 4.79 Å². The van der Waals surface area contributed by atoms with E-state index < -0.39 is 11.7 Å². The van der Waals surface area contributed by atoms with Gasteiger partial charge in [0.25, 0.3) is 5.91 Å². The Balaban J connectivity index is 2.06. The maximum Gasteiger partial charge on any atom is 0.407 e. The fourth-order valence-electron chi connectivity index (χ4n) is 2.65. The molecule has 150 valence electrons. The average molecular weight is 384 g/mol. The van der Waals surface area contributed by atoms with Crippen molar-refractivity contribution in [1.29, 1.82) is 0 Å². The van der Waals surface area contributed by atoms with Crippen LogP contribution in [0.2, 0.25) is 0 Å². The Labute approximate surface area is 166 Å². The highest BCUT2D eigenvalue weighted by molar-refractivity contribution is 5.96. The van der Waals surface area contributed by atoms with E-state index in [9.17, 15) is 9.59 Å². The molecule has 2 amide bonds. The maximum atomic E-state index is 12.8. The first kappa shape index (κ1) is 21.3. The van der Waals surface area contributed by atoms with Crippen molar-refractivity contribution in [1.82, 2.24) is 10.6 Å². The fourth-order valence-corrected chi connectivity index (χ4v) is 2.65. The van der Waals surface area contributed by atoms with Crippen LogP contribution in [0, 0.1) is 0 Å². The van der Waals surface area contributed by atoms with Crippen molar-refractivity contribution >= 4 is 12.0 Å². The standard InChI is InChI=1S/C22H28N2O4/c1-15(16-10-8-11-18(13-16)27-5)24-20(25)19-12-7-6-9-17(19)14-23-21(26)28-22(2,3)4/h6-13,15H,14H2,1-5H3,(H,23,26)(H,24,25)/t15-/m1/s1. The number of methoxy groups -OCH3 is 1. The first-order valence-corrected chi connectivity index (χ1v) is 9.19. The van der Waals surface area contributed by atoms with Gasteiger partial charge in [0, 0.05) is 12.1 Å². The topological polar surface area (TPSA) is 76.7 Å². The number of hydrogen-bond acceptors (Lipinski definition) is 4. The van der Waals surface area contributed by atoms with E-state index in [1.54, 1.807) is 40.0 Å². The highest BCUT2D eigenvalue weighted by Gasteiger charge is 2.18. The molecule has 2 aromatic rings. The molecule has 0 aromatic heterocycles. The zero-order chi connectivity index (χ0) is 20.7. The molecule has 0 aliphatic heterocycles. The van der Waals surface area contributed by atoms with E-state index in [4.69, 9.17) is 9.47 Å². The fraction of sp³-hybridized carbons (Fsp3) is 0.364. The summed E-state index contributed by atoms with van der Waals surface area (Å²) in [6.07, 6.45) is -0.521. The number of alkyl carbamates (subject to hydrolysis) is 1. The number of ether oxygens (including phenoxy) is 2. The lowest BCUT2D eigenvalue weighted by atomic mass is 10.0. The van der Waals surface area contributed by atoms with Crippen molar-refractivity contribution in [2.75, 3.05) is 7.11 Å². The summed E-state index contributed by atoms with van der Waals surface area (Å²) in [6, 6.07) is 14.5. The summed E-state index contributed by atoms with van der Waals surface area (Å²) in [5, 5.41) is 5.68. The van der Waals surface area contributed by atoms with Gasteiger partial charge >= 0.3 is 6.09 Å². The zero-order valence-corrected chi connectivity index (χ0v) is 17.0. The van der Waals surface area contributed by atoms with Crippen LogP contribution in [-0.2, 0) is 11.3 Å². The lowest BCUT2D eigenvalue weighted by molar-refractivity contribution is 0.0522. The second-order valence-corrected chi connectivity index (χ2v) is 7.48. The van der Waals surface area contributed by atoms with Crippen molar-refractivity contribution < 1.29 is 19.1 Å². The molecule has 2 rings (SSSR count). The van der Waals surface area contributed by atoms with Gasteiger partial charge < -0.3 is 20.1 Å². The van der Waals surface area contributed by atoms with Gasteiger partial charge in [-0.15, -0.1) is 0 Å². The van der Waals surface area contributed by atoms with E-state index in [1.165, 1.54) is 0 Å². The van der Waals surface area contributed by atoms with E-state index >= 15 is 0 Å². The van der Waals surface area contributed by atoms with Crippen LogP contribution in [0.1, 0.15) is 55.2 Å². The van der Waals surface area contributed by atoms with Crippen LogP contribution in [0.25, 0.3) is 0 Å². The van der Waals surface area contributed by atoms with Crippen LogP contribution in [-0.4, -0.2) is 24.7 Å². The van der Waals surface area contributed by atoms with Crippen molar-refractivity contribution in [2.24, 2.45) is 0 Å². The van der Waals surface area contributed by atoms with Crippen LogP contribution in [0.15, 0.2) is 48.5 Å². The Morgan fingerprint density at radius 3 is 2.46 bits per heavy atom. The Bertz CT molecular complexity index is 827. The van der Waals surface area contributed by atoms with Crippen LogP contribution >= 0.6 is 0 Å². The number of carbonyl (C=O) groups excluding carboxylic acids is 2. The Kier molecular flexibility index (Phi) is 7.04. The molecule has 0 saturated heterocycles. The molecule has 0 aliphatic carbocycles. The molecule has 1 atom stereocenters. The molecular formula is C22H28N2O4. The zero-order valence-electron chi connectivity index (χ0n) is 17.0. The summed E-state index contributed by atoms with van der Waals surface area (Å²) >= 11 is 0. The first-order chi connectivity index (χ1) is 13.2. The van der Waals surface area contributed by atoms with Gasteiger partial charge in [-0.2, -0.15) is 0 Å². The lowest BCUT2D eigenvalue weighted by Crippen LogP contribution is -2.33. The smallest absolute Gasteiger partial charge is 0.407 e. The molecule has 0 bridgehead atoms. The molecule has 0 heterocycles. The SMILES string of the molecule is COc1cccc([C@@H](C)NC(=O)c2ccccc2CNC(=O)OC(C)(C)C)c1. The van der Waals surface area contributed by atoms with Gasteiger partial charge in [0.15, 0.2) is 0 Å². The van der Waals surface area contributed by atoms with Crippen molar-refractivity contribution in [3.63, 3.8) is 0 Å². The Hall–Kier alpha value is -3.02. The molecule has 2 N–H and O–H groups in total. The minimum atomic E-state index is -0.576. The molecule has 0 fully saturated rings. The maximum absolute atomic E-state index is 12.8. The summed E-state index contributed by atoms with van der Waals surface area (Å²) < 4.78 is 10.5. The molecule has 0 spiro atoms. The number of rotatable bonds is 6. The first-order valence-electron chi connectivity index (χ1n) is 9.19. The summed E-state index contributed by atoms with van der Waals surface area (Å²) in [5.41, 5.74) is 1.58. The van der Waals surface area contributed by atoms with E-state index in [1.807, 2.05) is 43.3 Å². The molecule has 6 nitrogen and oxygen atoms in total. The van der Waals surface area contributed by atoms with Crippen LogP contribution in [0.5, 0.6) is 5.75 Å². The van der Waals surface area contributed by atoms with Gasteiger partial charge in [0.2, 0.25) is 0 Å². The quantitative estimate of drug-likeness (QED) is 0.782. The number of benzene rings is 2. The molecule has 0 radical (unpaired) electrons. The third-order valence-electron chi connectivity index (χ3n) is 4.03. The predicted octanol–water partition coefficient (Wildman–Crippen LogP) is 4.21. The van der Waals surface area contributed by atoms with Gasteiger partial charge in [0.05, 0.1) is 13.2 Å². The number of amides is 2. The van der Waals surface area contributed by atoms with E-state index in [-0.39, 0.29) is 18.5 Å². The number of nitrogens with one attached hydrogen (secondary N) is 2. The van der Waals surface area contributed by atoms with E-state index in [0.717, 1.165) is 11.3 Å². The highest BCUT2D eigenvalue weighted by Crippen LogP contribution is 2.20. The summed E-state index contributed by atoms with van der Waals surface area (Å²) in [6.45, 7) is 7.51. The normalized spacial score (nSPS) is 12.0. The van der Waals surface area contributed by atoms with Gasteiger partial charge in [-0.1, -0.05) is 30.3 Å². The predicted molar refractivity (Wildman–Crippen MR) is 108 cm³/mol. The molecule has 28 heavy (non-hydrogen) atoms. The third kappa shape index (κ3) is 6.30. The largest absolute Gasteiger partial charge is 0.497 e. The summed E-state index contributed by atoms with van der Waals surface area (Å²) in [5.74, 6) is 0.525. The van der Waals surface area contributed by atoms with E-state index in [2.05, 4.69) is 10.6 Å². The monoisotopic (exact) mass is 384 g/mol. The van der Waals surface area contributed by atoms with Crippen molar-refractivity contribution in [2.45, 2.75) is 45.9 Å². The number of hydrogen-bond donors (Lipinski definition) is 2. The minimum Gasteiger partial charge on any atom is -0.497 e.